The van der Waals surface area contributed by atoms with Gasteiger partial charge in [-0.1, -0.05) is 74.7 Å². The maximum absolute atomic E-state index is 12.3. The third-order valence-corrected chi connectivity index (χ3v) is 13.8. The van der Waals surface area contributed by atoms with Gasteiger partial charge >= 0.3 is 0 Å². The van der Waals surface area contributed by atoms with Crippen LogP contribution in [0.2, 0.25) is 0 Å². The number of aliphatic hydroxyl groups excluding tert-OH is 4. The first-order valence-corrected chi connectivity index (χ1v) is 15.4. The Morgan fingerprint density at radius 2 is 1.58 bits per heavy atom. The fraction of sp³-hybridized carbons (Fsp3) is 1.00. The van der Waals surface area contributed by atoms with Crippen LogP contribution in [-0.4, -0.2) is 44.8 Å². The molecule has 0 aromatic heterocycles. The number of hydrogen-bond donors (Lipinski definition) is 4. The Balaban J connectivity index is 1.88. The van der Waals surface area contributed by atoms with E-state index in [4.69, 9.17) is 0 Å². The minimum absolute atomic E-state index is 0.0731. The van der Waals surface area contributed by atoms with E-state index in [1.54, 1.807) is 0 Å². The third kappa shape index (κ3) is 3.74. The summed E-state index contributed by atoms with van der Waals surface area (Å²) in [5.74, 6) is 2.14. The van der Waals surface area contributed by atoms with Crippen LogP contribution in [0.3, 0.4) is 0 Å². The zero-order valence-electron chi connectivity index (χ0n) is 24.7. The van der Waals surface area contributed by atoms with Crippen molar-refractivity contribution in [3.63, 3.8) is 0 Å². The van der Waals surface area contributed by atoms with Gasteiger partial charge in [0.15, 0.2) is 0 Å². The summed E-state index contributed by atoms with van der Waals surface area (Å²) in [7, 11) is 0. The monoisotopic (exact) mass is 506 g/mol. The highest BCUT2D eigenvalue weighted by Crippen LogP contribution is 2.76. The first kappa shape index (κ1) is 28.8. The fourth-order valence-electron chi connectivity index (χ4n) is 11.8. The number of fused-ring (bicyclic) bond motifs is 3. The van der Waals surface area contributed by atoms with Crippen molar-refractivity contribution in [1.29, 1.82) is 0 Å². The predicted molar refractivity (Wildman–Crippen MR) is 146 cm³/mol. The Hall–Kier alpha value is -0.160. The van der Waals surface area contributed by atoms with Crippen LogP contribution in [0.4, 0.5) is 0 Å². The molecule has 0 saturated heterocycles. The van der Waals surface area contributed by atoms with Gasteiger partial charge < -0.3 is 20.4 Å². The summed E-state index contributed by atoms with van der Waals surface area (Å²) in [5, 5.41) is 46.3. The van der Waals surface area contributed by atoms with Crippen LogP contribution in [0.15, 0.2) is 0 Å². The average Bonchev–Trinajstić information content (AvgIpc) is 2.78. The molecule has 0 amide bonds. The molecule has 0 radical (unpaired) electrons. The molecule has 16 atom stereocenters. The normalized spacial score (nSPS) is 56.8. The van der Waals surface area contributed by atoms with Crippen molar-refractivity contribution in [2.45, 2.75) is 132 Å². The predicted octanol–water partition coefficient (Wildman–Crippen LogP) is 5.90. The maximum atomic E-state index is 12.3. The topological polar surface area (TPSA) is 80.9 Å². The molecule has 210 valence electrons. The van der Waals surface area contributed by atoms with Gasteiger partial charge in [0.2, 0.25) is 0 Å². The van der Waals surface area contributed by atoms with Crippen LogP contribution >= 0.6 is 0 Å². The molecule has 16 unspecified atom stereocenters. The standard InChI is InChI=1S/C32H58O4/c1-10-12-22(34)15-24-23-14-11-13-17(2)26(23)28(35)27-19(4)32(9)29(36)25(20(5)33)18(3)16-30(32,7)21(6)31(24,27)8/h17-29,33-36H,10-16H2,1-9H3. The van der Waals surface area contributed by atoms with Gasteiger partial charge in [-0.25, -0.2) is 0 Å². The van der Waals surface area contributed by atoms with Crippen molar-refractivity contribution in [3.05, 3.63) is 0 Å². The molecule has 4 rings (SSSR count). The van der Waals surface area contributed by atoms with Crippen molar-refractivity contribution >= 4 is 0 Å². The second-order valence-corrected chi connectivity index (χ2v) is 15.0. The van der Waals surface area contributed by atoms with E-state index < -0.39 is 17.6 Å². The smallest absolute Gasteiger partial charge is 0.0657 e. The number of aliphatic hydroxyl groups is 4. The molecule has 0 bridgehead atoms. The average molecular weight is 507 g/mol. The van der Waals surface area contributed by atoms with Crippen LogP contribution < -0.4 is 0 Å². The van der Waals surface area contributed by atoms with E-state index >= 15 is 0 Å². The Labute approximate surface area is 221 Å². The van der Waals surface area contributed by atoms with Gasteiger partial charge in [-0.15, -0.1) is 0 Å². The van der Waals surface area contributed by atoms with E-state index in [-0.39, 0.29) is 58.5 Å². The van der Waals surface area contributed by atoms with Crippen LogP contribution in [-0.2, 0) is 0 Å². The second-order valence-electron chi connectivity index (χ2n) is 15.0. The van der Waals surface area contributed by atoms with Crippen LogP contribution in [0.25, 0.3) is 0 Å². The highest BCUT2D eigenvalue weighted by Gasteiger charge is 2.74. The van der Waals surface area contributed by atoms with E-state index in [0.29, 0.717) is 17.8 Å². The van der Waals surface area contributed by atoms with E-state index in [1.165, 1.54) is 12.8 Å². The summed E-state index contributed by atoms with van der Waals surface area (Å²) in [5.41, 5.74) is -0.636. The van der Waals surface area contributed by atoms with Crippen molar-refractivity contribution in [2.75, 3.05) is 0 Å². The quantitative estimate of drug-likeness (QED) is 0.374. The van der Waals surface area contributed by atoms with Gasteiger partial charge in [0.05, 0.1) is 24.4 Å². The molecule has 4 nitrogen and oxygen atoms in total. The Bertz CT molecular complexity index is 784. The molecule has 4 fully saturated rings. The minimum Gasteiger partial charge on any atom is -0.393 e. The van der Waals surface area contributed by atoms with E-state index in [2.05, 4.69) is 55.4 Å². The second kappa shape index (κ2) is 9.79. The van der Waals surface area contributed by atoms with Gasteiger partial charge in [-0.2, -0.15) is 0 Å². The number of hydrogen-bond acceptors (Lipinski definition) is 4. The lowest BCUT2D eigenvalue weighted by molar-refractivity contribution is -0.317. The molecule has 4 aliphatic rings. The summed E-state index contributed by atoms with van der Waals surface area (Å²) in [6, 6.07) is 0. The molecule has 4 saturated carbocycles. The lowest BCUT2D eigenvalue weighted by Crippen LogP contribution is -2.75. The molecule has 0 spiro atoms. The molecule has 36 heavy (non-hydrogen) atoms. The summed E-state index contributed by atoms with van der Waals surface area (Å²) >= 11 is 0. The molecule has 4 heteroatoms. The highest BCUT2D eigenvalue weighted by molar-refractivity contribution is 5.22. The summed E-state index contributed by atoms with van der Waals surface area (Å²) < 4.78 is 0. The Morgan fingerprint density at radius 1 is 0.944 bits per heavy atom. The Morgan fingerprint density at radius 3 is 2.17 bits per heavy atom. The highest BCUT2D eigenvalue weighted by atomic mass is 16.3. The van der Waals surface area contributed by atoms with Crippen molar-refractivity contribution in [3.8, 4) is 0 Å². The summed E-state index contributed by atoms with van der Waals surface area (Å²) in [6.45, 7) is 20.4. The van der Waals surface area contributed by atoms with Crippen molar-refractivity contribution in [1.82, 2.24) is 0 Å². The maximum Gasteiger partial charge on any atom is 0.0657 e. The van der Waals surface area contributed by atoms with Crippen molar-refractivity contribution in [2.24, 2.45) is 69.5 Å². The minimum atomic E-state index is -0.605. The van der Waals surface area contributed by atoms with Crippen LogP contribution in [0.5, 0.6) is 0 Å². The fourth-order valence-corrected chi connectivity index (χ4v) is 11.8. The van der Waals surface area contributed by atoms with Crippen molar-refractivity contribution < 1.29 is 20.4 Å². The van der Waals surface area contributed by atoms with Gasteiger partial charge in [-0.3, -0.25) is 0 Å². The zero-order chi connectivity index (χ0) is 27.0. The lowest BCUT2D eigenvalue weighted by atomic mass is 9.29. The van der Waals surface area contributed by atoms with Crippen LogP contribution in [0.1, 0.15) is 107 Å². The van der Waals surface area contributed by atoms with E-state index in [9.17, 15) is 20.4 Å². The largest absolute Gasteiger partial charge is 0.393 e. The van der Waals surface area contributed by atoms with Gasteiger partial charge in [0, 0.05) is 11.3 Å². The molecule has 0 heterocycles. The molecule has 0 aromatic rings. The molecule has 4 aliphatic carbocycles. The summed E-state index contributed by atoms with van der Waals surface area (Å²) in [6.07, 6.45) is 5.38. The van der Waals surface area contributed by atoms with E-state index in [1.807, 2.05) is 6.92 Å². The molecule has 4 N–H and O–H groups in total. The SMILES string of the molecule is CCCC(O)CC1C2CCCC(C)C2C(O)C2C(C)C3(C)C(O)C(C(C)O)C(C)CC3(C)C(C)C12C. The first-order valence-electron chi connectivity index (χ1n) is 15.4. The van der Waals surface area contributed by atoms with Gasteiger partial charge in [-0.05, 0) is 90.8 Å². The van der Waals surface area contributed by atoms with Crippen LogP contribution in [0, 0.1) is 69.5 Å². The Kier molecular flexibility index (Phi) is 7.84. The number of rotatable bonds is 5. The third-order valence-electron chi connectivity index (χ3n) is 13.8. The summed E-state index contributed by atoms with van der Waals surface area (Å²) in [4.78, 5) is 0. The molecule has 0 aromatic carbocycles. The van der Waals surface area contributed by atoms with Gasteiger partial charge in [0.1, 0.15) is 0 Å². The van der Waals surface area contributed by atoms with E-state index in [0.717, 1.165) is 32.1 Å². The molecular formula is C32H58O4. The first-order chi connectivity index (χ1) is 16.7. The lowest BCUT2D eigenvalue weighted by Gasteiger charge is -2.76. The molecule has 0 aliphatic heterocycles. The zero-order valence-corrected chi connectivity index (χ0v) is 24.7. The van der Waals surface area contributed by atoms with Gasteiger partial charge in [0.25, 0.3) is 0 Å². The molecular weight excluding hydrogens is 448 g/mol.